The lowest BCUT2D eigenvalue weighted by Gasteiger charge is -2.43. The fourth-order valence-electron chi connectivity index (χ4n) is 6.28. The second-order valence-corrected chi connectivity index (χ2v) is 10.7. The Balaban J connectivity index is 1.65. The number of methoxy groups -OCH3 is 1. The number of phenols is 2. The van der Waals surface area contributed by atoms with Crippen molar-refractivity contribution < 1.29 is 49.0 Å². The number of rotatable bonds is 5. The molecule has 0 spiro atoms. The molecule has 11 heteroatoms. The SMILES string of the molecule is CNC1CC(OC2CC(O)(C(C)=O)Cc3c(O)c4c(c(O)c32)C(=O)C2C(OC)=CC=CC2C4=O)OC(C)C1O. The molecule has 5 rings (SSSR count). The monoisotopic (exact) mass is 543 g/mol. The molecular formula is C28H33NO10. The van der Waals surface area contributed by atoms with Gasteiger partial charge in [-0.05, 0) is 27.0 Å². The molecule has 0 radical (unpaired) electrons. The van der Waals surface area contributed by atoms with Gasteiger partial charge in [0.15, 0.2) is 23.6 Å². The Kier molecular flexibility index (Phi) is 6.92. The maximum Gasteiger partial charge on any atom is 0.179 e. The van der Waals surface area contributed by atoms with Gasteiger partial charge in [0.1, 0.15) is 22.9 Å². The Labute approximate surface area is 225 Å². The number of phenolic OH excluding ortho intramolecular Hbond substituents is 2. The minimum atomic E-state index is -1.97. The van der Waals surface area contributed by atoms with Gasteiger partial charge in [0.25, 0.3) is 0 Å². The molecule has 1 aromatic rings. The van der Waals surface area contributed by atoms with Crippen molar-refractivity contribution in [3.8, 4) is 11.5 Å². The molecule has 0 saturated carbocycles. The number of carbonyl (C=O) groups excluding carboxylic acids is 3. The van der Waals surface area contributed by atoms with Gasteiger partial charge in [-0.2, -0.15) is 0 Å². The largest absolute Gasteiger partial charge is 0.507 e. The quantitative estimate of drug-likeness (QED) is 0.338. The molecule has 4 aliphatic rings. The number of ketones is 3. The van der Waals surface area contributed by atoms with E-state index in [-0.39, 0.29) is 46.9 Å². The molecule has 0 bridgehead atoms. The maximum atomic E-state index is 13.7. The first-order chi connectivity index (χ1) is 18.4. The number of nitrogens with one attached hydrogen (secondary N) is 1. The van der Waals surface area contributed by atoms with E-state index in [0.29, 0.717) is 0 Å². The third kappa shape index (κ3) is 4.20. The normalized spacial score (nSPS) is 35.5. The van der Waals surface area contributed by atoms with Crippen molar-refractivity contribution in [3.05, 3.63) is 46.2 Å². The summed E-state index contributed by atoms with van der Waals surface area (Å²) in [4.78, 5) is 39.9. The van der Waals surface area contributed by atoms with E-state index in [1.54, 1.807) is 26.1 Å². The molecule has 1 fully saturated rings. The third-order valence-electron chi connectivity index (χ3n) is 8.51. The van der Waals surface area contributed by atoms with E-state index in [0.717, 1.165) is 0 Å². The van der Waals surface area contributed by atoms with Gasteiger partial charge in [-0.15, -0.1) is 0 Å². The topological polar surface area (TPSA) is 172 Å². The lowest BCUT2D eigenvalue weighted by atomic mass is 9.67. The van der Waals surface area contributed by atoms with Gasteiger partial charge in [-0.3, -0.25) is 14.4 Å². The van der Waals surface area contributed by atoms with Crippen molar-refractivity contribution in [2.24, 2.45) is 11.8 Å². The molecule has 0 amide bonds. The van der Waals surface area contributed by atoms with E-state index in [9.17, 15) is 34.8 Å². The number of ether oxygens (including phenoxy) is 3. The van der Waals surface area contributed by atoms with Crippen LogP contribution in [0.2, 0.25) is 0 Å². The Hall–Kier alpha value is -3.09. The second kappa shape index (κ2) is 9.83. The number of aromatic hydroxyl groups is 2. The number of Topliss-reactive ketones (excluding diaryl/α,β-unsaturated/α-hetero) is 3. The number of likely N-dealkylation sites (N-methyl/N-ethyl adjacent to an activating group) is 1. The zero-order valence-electron chi connectivity index (χ0n) is 22.1. The summed E-state index contributed by atoms with van der Waals surface area (Å²) in [5.41, 5.74) is -2.71. The van der Waals surface area contributed by atoms with E-state index < -0.39 is 77.3 Å². The zero-order valence-corrected chi connectivity index (χ0v) is 22.1. The lowest BCUT2D eigenvalue weighted by molar-refractivity contribution is -0.249. The number of allylic oxidation sites excluding steroid dienone is 4. The van der Waals surface area contributed by atoms with E-state index >= 15 is 0 Å². The highest BCUT2D eigenvalue weighted by atomic mass is 16.7. The van der Waals surface area contributed by atoms with Crippen LogP contribution >= 0.6 is 0 Å². The first-order valence-corrected chi connectivity index (χ1v) is 12.9. The fourth-order valence-corrected chi connectivity index (χ4v) is 6.28. The molecule has 8 unspecified atom stereocenters. The molecule has 0 aromatic heterocycles. The van der Waals surface area contributed by atoms with Crippen LogP contribution in [-0.2, 0) is 25.4 Å². The summed E-state index contributed by atoms with van der Waals surface area (Å²) < 4.78 is 17.4. The Morgan fingerprint density at radius 2 is 1.87 bits per heavy atom. The van der Waals surface area contributed by atoms with E-state index in [4.69, 9.17) is 14.2 Å². The number of hydrogen-bond acceptors (Lipinski definition) is 11. The Bertz CT molecular complexity index is 1300. The van der Waals surface area contributed by atoms with E-state index in [1.807, 2.05) is 0 Å². The number of aliphatic hydroxyl groups is 2. The van der Waals surface area contributed by atoms with Crippen molar-refractivity contribution in [1.82, 2.24) is 5.32 Å². The molecule has 11 nitrogen and oxygen atoms in total. The highest BCUT2D eigenvalue weighted by Gasteiger charge is 2.52. The highest BCUT2D eigenvalue weighted by Crippen LogP contribution is 2.53. The first kappa shape index (κ1) is 27.5. The molecule has 1 aromatic carbocycles. The summed E-state index contributed by atoms with van der Waals surface area (Å²) in [6.45, 7) is 2.87. The molecule has 1 heterocycles. The van der Waals surface area contributed by atoms with Crippen molar-refractivity contribution in [1.29, 1.82) is 0 Å². The number of aliphatic hydroxyl groups excluding tert-OH is 1. The van der Waals surface area contributed by atoms with E-state index in [1.165, 1.54) is 20.1 Å². The van der Waals surface area contributed by atoms with Gasteiger partial charge in [-0.1, -0.05) is 12.2 Å². The standard InChI is InChI=1S/C28H33NO10/c1-11-23(31)15(29-3)8-18(38-11)39-17-10-28(36,12(2)30)9-14-20(17)27(35)22-21(25(14)33)24(32)13-6-5-7-16(37-4)19(13)26(22)34/h5-7,11,13,15,17-19,23,29,31,33,35-36H,8-10H2,1-4H3. The van der Waals surface area contributed by atoms with Gasteiger partial charge in [0.05, 0.1) is 48.4 Å². The van der Waals surface area contributed by atoms with E-state index in [2.05, 4.69) is 5.32 Å². The molecular weight excluding hydrogens is 510 g/mol. The molecule has 1 saturated heterocycles. The lowest BCUT2D eigenvalue weighted by Crippen LogP contribution is -2.53. The van der Waals surface area contributed by atoms with Crippen LogP contribution in [0, 0.1) is 11.8 Å². The van der Waals surface area contributed by atoms with Crippen LogP contribution in [0.1, 0.15) is 64.6 Å². The average Bonchev–Trinajstić information content (AvgIpc) is 2.90. The van der Waals surface area contributed by atoms with Crippen molar-refractivity contribution >= 4 is 17.3 Å². The van der Waals surface area contributed by atoms with Crippen molar-refractivity contribution in [2.75, 3.05) is 14.2 Å². The van der Waals surface area contributed by atoms with Gasteiger partial charge < -0.3 is 40.0 Å². The Morgan fingerprint density at radius 1 is 1.18 bits per heavy atom. The van der Waals surface area contributed by atoms with Crippen LogP contribution in [0.25, 0.3) is 0 Å². The minimum absolute atomic E-state index is 0.00876. The Morgan fingerprint density at radius 3 is 2.51 bits per heavy atom. The van der Waals surface area contributed by atoms with Gasteiger partial charge in [0, 0.05) is 36.4 Å². The summed E-state index contributed by atoms with van der Waals surface area (Å²) in [6.07, 6.45) is 0.697. The van der Waals surface area contributed by atoms with Crippen molar-refractivity contribution in [2.45, 2.75) is 69.4 Å². The van der Waals surface area contributed by atoms with Crippen molar-refractivity contribution in [3.63, 3.8) is 0 Å². The smallest absolute Gasteiger partial charge is 0.179 e. The van der Waals surface area contributed by atoms with Gasteiger partial charge in [0.2, 0.25) is 0 Å². The van der Waals surface area contributed by atoms with Crippen LogP contribution in [0.5, 0.6) is 11.5 Å². The van der Waals surface area contributed by atoms with Crippen LogP contribution in [-0.4, -0.2) is 82.1 Å². The molecule has 1 aliphatic heterocycles. The molecule has 5 N–H and O–H groups in total. The molecule has 3 aliphatic carbocycles. The second-order valence-electron chi connectivity index (χ2n) is 10.7. The summed E-state index contributed by atoms with van der Waals surface area (Å²) in [7, 11) is 3.06. The zero-order chi connectivity index (χ0) is 28.4. The molecule has 39 heavy (non-hydrogen) atoms. The average molecular weight is 544 g/mol. The van der Waals surface area contributed by atoms with Gasteiger partial charge in [-0.25, -0.2) is 0 Å². The predicted octanol–water partition coefficient (Wildman–Crippen LogP) is 1.22. The summed E-state index contributed by atoms with van der Waals surface area (Å²) in [5.74, 6) is -4.62. The van der Waals surface area contributed by atoms with Crippen LogP contribution in [0.4, 0.5) is 0 Å². The summed E-state index contributed by atoms with van der Waals surface area (Å²) in [6, 6.07) is -0.381. The number of carbonyl (C=O) groups is 3. The predicted molar refractivity (Wildman–Crippen MR) is 135 cm³/mol. The number of benzene rings is 1. The summed E-state index contributed by atoms with van der Waals surface area (Å²) in [5, 5.41) is 47.6. The van der Waals surface area contributed by atoms with Crippen LogP contribution < -0.4 is 5.32 Å². The fraction of sp³-hybridized carbons (Fsp3) is 0.536. The first-order valence-electron chi connectivity index (χ1n) is 12.9. The maximum absolute atomic E-state index is 13.7. The highest BCUT2D eigenvalue weighted by molar-refractivity contribution is 6.20. The van der Waals surface area contributed by atoms with Crippen LogP contribution in [0.3, 0.4) is 0 Å². The number of fused-ring (bicyclic) bond motifs is 3. The van der Waals surface area contributed by atoms with Crippen LogP contribution in [0.15, 0.2) is 24.0 Å². The van der Waals surface area contributed by atoms with Gasteiger partial charge >= 0.3 is 0 Å². The third-order valence-corrected chi connectivity index (χ3v) is 8.51. The minimum Gasteiger partial charge on any atom is -0.507 e. The number of hydrogen-bond donors (Lipinski definition) is 5. The molecule has 8 atom stereocenters. The summed E-state index contributed by atoms with van der Waals surface area (Å²) >= 11 is 0. The molecule has 210 valence electrons.